The summed E-state index contributed by atoms with van der Waals surface area (Å²) < 4.78 is 37.1. The van der Waals surface area contributed by atoms with Crippen LogP contribution in [0.2, 0.25) is 0 Å². The number of benzene rings is 3. The Labute approximate surface area is 278 Å². The van der Waals surface area contributed by atoms with Crippen LogP contribution in [-0.4, -0.2) is 44.1 Å². The molecule has 0 saturated heterocycles. The van der Waals surface area contributed by atoms with Crippen LogP contribution in [0, 0.1) is 11.6 Å². The zero-order valence-electron chi connectivity index (χ0n) is 26.1. The number of aryl methyl sites for hydroxylation is 1. The molecular weight excluding hydrogens is 620 g/mol. The second-order valence-corrected chi connectivity index (χ2v) is 12.7. The Kier molecular flexibility index (Phi) is 6.11. The van der Waals surface area contributed by atoms with E-state index in [-0.39, 0.29) is 17.6 Å². The molecule has 0 fully saturated rings. The third-order valence-corrected chi connectivity index (χ3v) is 9.90. The molecule has 0 spiro atoms. The first-order valence-corrected chi connectivity index (χ1v) is 16.3. The number of pyridine rings is 1. The fraction of sp³-hybridized carbons (Fsp3) is 0.158. The summed E-state index contributed by atoms with van der Waals surface area (Å²) in [7, 11) is 0. The Morgan fingerprint density at radius 3 is 2.37 bits per heavy atom. The van der Waals surface area contributed by atoms with Gasteiger partial charge in [0.25, 0.3) is 0 Å². The molecule has 5 aromatic heterocycles. The summed E-state index contributed by atoms with van der Waals surface area (Å²) >= 11 is 0. The molecule has 3 aromatic carbocycles. The number of nitrogens with zero attached hydrogens (tertiary/aromatic N) is 9. The minimum absolute atomic E-state index is 0.0130. The van der Waals surface area contributed by atoms with Crippen LogP contribution in [0.5, 0.6) is 0 Å². The van der Waals surface area contributed by atoms with Gasteiger partial charge in [0.05, 0.1) is 11.0 Å². The predicted molar refractivity (Wildman–Crippen MR) is 181 cm³/mol. The summed E-state index contributed by atoms with van der Waals surface area (Å²) in [5, 5.41) is 14.2. The molecule has 7 heterocycles. The number of fused-ring (bicyclic) bond motifs is 4. The third-order valence-electron chi connectivity index (χ3n) is 9.90. The van der Waals surface area contributed by atoms with Crippen molar-refractivity contribution in [2.45, 2.75) is 38.3 Å². The predicted octanol–water partition coefficient (Wildman–Crippen LogP) is 7.30. The molecule has 10 rings (SSSR count). The Morgan fingerprint density at radius 1 is 0.694 bits per heavy atom. The molecule has 49 heavy (non-hydrogen) atoms. The Hall–Kier alpha value is -6.10. The lowest BCUT2D eigenvalue weighted by molar-refractivity contribution is 0.585. The maximum absolute atomic E-state index is 16.3. The van der Waals surface area contributed by atoms with Crippen LogP contribution in [-0.2, 0) is 25.9 Å². The summed E-state index contributed by atoms with van der Waals surface area (Å²) in [5.41, 5.74) is 11.0. The molecule has 11 heteroatoms. The molecule has 0 saturated carbocycles. The normalized spacial score (nSPS) is 15.3. The number of rotatable bonds is 5. The standard InChI is InChI=1S/C38H27F2N9/c39-28-5-2-1-4-26(28)37-35(23-8-11-30-31(17-23)42-14-13-41-30)33-18-25(20-48(33)46-37)22-7-10-27(29(40)16-22)38-36(32-6-3-15-47(32)45-38)24-9-12-34-43-21-44-49(34)19-24/h1-2,4-5,7-14,16-17,19,21,25H,3,6,15,18,20H2. The van der Waals surface area contributed by atoms with Crippen LogP contribution in [0.25, 0.3) is 61.4 Å². The molecule has 8 aromatic rings. The highest BCUT2D eigenvalue weighted by Crippen LogP contribution is 2.44. The molecule has 0 amide bonds. The van der Waals surface area contributed by atoms with E-state index in [1.54, 1.807) is 35.1 Å². The third kappa shape index (κ3) is 4.42. The maximum atomic E-state index is 16.3. The smallest absolute Gasteiger partial charge is 0.155 e. The zero-order valence-corrected chi connectivity index (χ0v) is 26.1. The van der Waals surface area contributed by atoms with E-state index in [9.17, 15) is 0 Å². The second kappa shape index (κ2) is 10.7. The van der Waals surface area contributed by atoms with E-state index in [0.717, 1.165) is 75.3 Å². The monoisotopic (exact) mass is 647 g/mol. The lowest BCUT2D eigenvalue weighted by Crippen LogP contribution is -2.04. The Morgan fingerprint density at radius 2 is 1.49 bits per heavy atom. The summed E-state index contributed by atoms with van der Waals surface area (Å²) in [6, 6.07) is 22.0. The minimum Gasteiger partial charge on any atom is -0.268 e. The van der Waals surface area contributed by atoms with Gasteiger partial charge in [-0.05, 0) is 78.9 Å². The molecular formula is C38H27F2N9. The molecule has 0 radical (unpaired) electrons. The molecule has 2 aliphatic heterocycles. The zero-order chi connectivity index (χ0) is 32.6. The highest BCUT2D eigenvalue weighted by molar-refractivity contribution is 5.89. The van der Waals surface area contributed by atoms with Crippen molar-refractivity contribution in [1.29, 1.82) is 0 Å². The first-order valence-electron chi connectivity index (χ1n) is 16.3. The van der Waals surface area contributed by atoms with Gasteiger partial charge in [-0.3, -0.25) is 19.3 Å². The molecule has 9 nitrogen and oxygen atoms in total. The highest BCUT2D eigenvalue weighted by atomic mass is 19.1. The van der Waals surface area contributed by atoms with Gasteiger partial charge in [-0.2, -0.15) is 15.3 Å². The fourth-order valence-corrected chi connectivity index (χ4v) is 7.62. The van der Waals surface area contributed by atoms with Crippen molar-refractivity contribution in [1.82, 2.24) is 44.1 Å². The Bertz CT molecular complexity index is 2600. The first-order chi connectivity index (χ1) is 24.1. The van der Waals surface area contributed by atoms with Gasteiger partial charge < -0.3 is 0 Å². The molecule has 1 unspecified atom stereocenters. The van der Waals surface area contributed by atoms with Crippen molar-refractivity contribution in [3.05, 3.63) is 126 Å². The molecule has 0 bridgehead atoms. The fourth-order valence-electron chi connectivity index (χ4n) is 7.62. The van der Waals surface area contributed by atoms with Crippen molar-refractivity contribution >= 4 is 16.7 Å². The average Bonchev–Trinajstić information content (AvgIpc) is 3.95. The summed E-state index contributed by atoms with van der Waals surface area (Å²) in [6.45, 7) is 1.35. The molecule has 2 aliphatic rings. The van der Waals surface area contributed by atoms with Gasteiger partial charge in [-0.1, -0.05) is 24.3 Å². The molecule has 1 atom stereocenters. The lowest BCUT2D eigenvalue weighted by Gasteiger charge is -2.13. The van der Waals surface area contributed by atoms with E-state index in [0.29, 0.717) is 35.5 Å². The Balaban J connectivity index is 1.03. The quantitative estimate of drug-likeness (QED) is 0.195. The van der Waals surface area contributed by atoms with E-state index >= 15 is 8.78 Å². The van der Waals surface area contributed by atoms with E-state index in [1.807, 2.05) is 64.1 Å². The van der Waals surface area contributed by atoms with Crippen molar-refractivity contribution in [2.75, 3.05) is 0 Å². The van der Waals surface area contributed by atoms with E-state index in [2.05, 4.69) is 20.1 Å². The minimum atomic E-state index is -0.332. The van der Waals surface area contributed by atoms with Gasteiger partial charge >= 0.3 is 0 Å². The van der Waals surface area contributed by atoms with Gasteiger partial charge in [0.2, 0.25) is 0 Å². The van der Waals surface area contributed by atoms with E-state index < -0.39 is 0 Å². The molecule has 238 valence electrons. The topological polar surface area (TPSA) is 91.6 Å². The van der Waals surface area contributed by atoms with Crippen LogP contribution in [0.1, 0.15) is 29.3 Å². The number of hydrogen-bond donors (Lipinski definition) is 0. The first kappa shape index (κ1) is 28.0. The second-order valence-electron chi connectivity index (χ2n) is 12.7. The van der Waals surface area contributed by atoms with Crippen molar-refractivity contribution in [3.63, 3.8) is 0 Å². The summed E-state index contributed by atoms with van der Waals surface area (Å²) in [6.07, 6.45) is 9.29. The van der Waals surface area contributed by atoms with Gasteiger partial charge in [0.1, 0.15) is 29.3 Å². The number of aromatic nitrogens is 9. The van der Waals surface area contributed by atoms with Crippen molar-refractivity contribution in [2.24, 2.45) is 0 Å². The van der Waals surface area contributed by atoms with Crippen LogP contribution >= 0.6 is 0 Å². The van der Waals surface area contributed by atoms with Gasteiger partial charge in [-0.25, -0.2) is 18.3 Å². The molecule has 0 aliphatic carbocycles. The maximum Gasteiger partial charge on any atom is 0.155 e. The lowest BCUT2D eigenvalue weighted by atomic mass is 9.91. The largest absolute Gasteiger partial charge is 0.268 e. The van der Waals surface area contributed by atoms with Gasteiger partial charge in [0.15, 0.2) is 5.65 Å². The highest BCUT2D eigenvalue weighted by Gasteiger charge is 2.32. The summed E-state index contributed by atoms with van der Waals surface area (Å²) in [4.78, 5) is 13.2. The average molecular weight is 648 g/mol. The van der Waals surface area contributed by atoms with Crippen molar-refractivity contribution in [3.8, 4) is 44.8 Å². The molecule has 0 N–H and O–H groups in total. The van der Waals surface area contributed by atoms with Crippen LogP contribution in [0.4, 0.5) is 8.78 Å². The van der Waals surface area contributed by atoms with Crippen LogP contribution in [0.15, 0.2) is 97.7 Å². The van der Waals surface area contributed by atoms with Gasteiger partial charge in [0, 0.05) is 76.8 Å². The van der Waals surface area contributed by atoms with Crippen LogP contribution < -0.4 is 0 Å². The summed E-state index contributed by atoms with van der Waals surface area (Å²) in [5.74, 6) is -0.663. The van der Waals surface area contributed by atoms with E-state index in [4.69, 9.17) is 10.2 Å². The van der Waals surface area contributed by atoms with E-state index in [1.165, 1.54) is 12.4 Å². The van der Waals surface area contributed by atoms with Crippen molar-refractivity contribution < 1.29 is 8.78 Å². The number of halogens is 2. The van der Waals surface area contributed by atoms with Gasteiger partial charge in [-0.15, -0.1) is 0 Å². The number of hydrogen-bond acceptors (Lipinski definition) is 6. The van der Waals surface area contributed by atoms with Crippen LogP contribution in [0.3, 0.4) is 0 Å². The SMILES string of the molecule is Fc1cc(C2Cc3c(-c4ccc5nccnc5c4)c(-c4ccccc4F)nn3C2)ccc1-c1nn2c(c1-c1ccc3ncnn3c1)CCC2.